The summed E-state index contributed by atoms with van der Waals surface area (Å²) in [5.74, 6) is 0. The van der Waals surface area contributed by atoms with Crippen molar-refractivity contribution in [2.24, 2.45) is 0 Å². The van der Waals surface area contributed by atoms with E-state index >= 15 is 0 Å². The van der Waals surface area contributed by atoms with Gasteiger partial charge in [-0.15, -0.1) is 11.3 Å². The van der Waals surface area contributed by atoms with E-state index in [9.17, 15) is 0 Å². The van der Waals surface area contributed by atoms with Gasteiger partial charge in [0.15, 0.2) is 0 Å². The Kier molecular flexibility index (Phi) is 2.21. The average molecular weight is 339 g/mol. The lowest BCUT2D eigenvalue weighted by molar-refractivity contribution is 1.68. The minimum Gasteiger partial charge on any atom is -0.144 e. The second-order valence-corrected chi connectivity index (χ2v) is 5.19. The summed E-state index contributed by atoms with van der Waals surface area (Å²) in [6, 6.07) is 6.50. The monoisotopic (exact) mass is 338 g/mol. The lowest BCUT2D eigenvalue weighted by Gasteiger charge is -1.94. The molecule has 11 heavy (non-hydrogen) atoms. The quantitative estimate of drug-likeness (QED) is 0.629. The molecule has 0 unspecified atom stereocenters. The summed E-state index contributed by atoms with van der Waals surface area (Å²) in [5.41, 5.74) is 0. The maximum absolute atomic E-state index is 3.50. The Balaban J connectivity index is 2.86. The van der Waals surface area contributed by atoms with Gasteiger partial charge in [0.1, 0.15) is 0 Å². The smallest absolute Gasteiger partial charge is 0.0354 e. The Morgan fingerprint density at radius 3 is 3.00 bits per heavy atom. The fourth-order valence-electron chi connectivity index (χ4n) is 0.957. The predicted octanol–water partition coefficient (Wildman–Crippen LogP) is 4.27. The molecule has 56 valence electrons. The molecule has 0 saturated heterocycles. The second-order valence-electron chi connectivity index (χ2n) is 2.22. The Bertz CT molecular complexity index is 358. The van der Waals surface area contributed by atoms with E-state index in [4.69, 9.17) is 0 Å². The van der Waals surface area contributed by atoms with Crippen LogP contribution >= 0.6 is 49.9 Å². The highest BCUT2D eigenvalue weighted by atomic mass is 127. The number of halogens is 2. The molecule has 3 heteroatoms. The number of thiophene rings is 1. The molecular weight excluding hydrogens is 335 g/mol. The lowest BCUT2D eigenvalue weighted by atomic mass is 10.3. The number of fused-ring (bicyclic) bond motifs is 1. The Hall–Kier alpha value is 0.390. The van der Waals surface area contributed by atoms with E-state index < -0.39 is 0 Å². The van der Waals surface area contributed by atoms with Gasteiger partial charge in [0.25, 0.3) is 0 Å². The first-order valence-electron chi connectivity index (χ1n) is 3.09. The summed E-state index contributed by atoms with van der Waals surface area (Å²) in [5, 5.41) is 3.44. The van der Waals surface area contributed by atoms with Gasteiger partial charge >= 0.3 is 0 Å². The Morgan fingerprint density at radius 1 is 1.36 bits per heavy atom. The van der Waals surface area contributed by atoms with E-state index in [1.807, 2.05) is 0 Å². The van der Waals surface area contributed by atoms with Crippen LogP contribution in [0.3, 0.4) is 0 Å². The zero-order valence-electron chi connectivity index (χ0n) is 5.47. The molecule has 2 aromatic rings. The maximum Gasteiger partial charge on any atom is 0.0354 e. The van der Waals surface area contributed by atoms with E-state index in [-0.39, 0.29) is 0 Å². The van der Waals surface area contributed by atoms with Crippen molar-refractivity contribution in [3.63, 3.8) is 0 Å². The van der Waals surface area contributed by atoms with Crippen LogP contribution in [0.4, 0.5) is 0 Å². The van der Waals surface area contributed by atoms with Gasteiger partial charge in [0.05, 0.1) is 0 Å². The molecule has 0 N–H and O–H groups in total. The molecule has 1 aromatic heterocycles. The highest BCUT2D eigenvalue weighted by molar-refractivity contribution is 14.1. The van der Waals surface area contributed by atoms with Gasteiger partial charge in [-0.05, 0) is 67.5 Å². The first kappa shape index (κ1) is 8.01. The first-order chi connectivity index (χ1) is 5.27. The number of benzene rings is 1. The normalized spacial score (nSPS) is 10.7. The van der Waals surface area contributed by atoms with Crippen molar-refractivity contribution in [1.29, 1.82) is 0 Å². The molecule has 0 amide bonds. The highest BCUT2D eigenvalue weighted by Gasteiger charge is 1.99. The SMILES string of the molecule is Brc1cc2ccsc2cc1I. The van der Waals surface area contributed by atoms with E-state index in [1.54, 1.807) is 11.3 Å². The summed E-state index contributed by atoms with van der Waals surface area (Å²) in [6.45, 7) is 0. The molecule has 0 aliphatic rings. The third-order valence-corrected chi connectivity index (χ3v) is 4.66. The van der Waals surface area contributed by atoms with E-state index in [0.717, 1.165) is 0 Å². The van der Waals surface area contributed by atoms with Gasteiger partial charge in [0.2, 0.25) is 0 Å². The van der Waals surface area contributed by atoms with Gasteiger partial charge in [-0.25, -0.2) is 0 Å². The highest BCUT2D eigenvalue weighted by Crippen LogP contribution is 2.28. The van der Waals surface area contributed by atoms with Gasteiger partial charge in [0, 0.05) is 12.7 Å². The molecule has 0 bridgehead atoms. The summed E-state index contributed by atoms with van der Waals surface area (Å²) in [6.07, 6.45) is 0. The van der Waals surface area contributed by atoms with Gasteiger partial charge in [-0.1, -0.05) is 0 Å². The van der Waals surface area contributed by atoms with Crippen molar-refractivity contribution in [2.75, 3.05) is 0 Å². The number of hydrogen-bond acceptors (Lipinski definition) is 1. The van der Waals surface area contributed by atoms with Crippen LogP contribution in [0.15, 0.2) is 28.1 Å². The second kappa shape index (κ2) is 3.03. The average Bonchev–Trinajstić information content (AvgIpc) is 2.36. The maximum atomic E-state index is 3.50. The van der Waals surface area contributed by atoms with Crippen LogP contribution in [0.25, 0.3) is 10.1 Å². The van der Waals surface area contributed by atoms with Gasteiger partial charge < -0.3 is 0 Å². The molecule has 0 fully saturated rings. The molecule has 1 aromatic carbocycles. The van der Waals surface area contributed by atoms with Crippen LogP contribution in [0.2, 0.25) is 0 Å². The van der Waals surface area contributed by atoms with Crippen molar-refractivity contribution in [3.05, 3.63) is 31.6 Å². The molecule has 1 heterocycles. The minimum atomic E-state index is 1.18. The number of hydrogen-bond donors (Lipinski definition) is 0. The first-order valence-corrected chi connectivity index (χ1v) is 5.85. The van der Waals surface area contributed by atoms with Crippen molar-refractivity contribution in [1.82, 2.24) is 0 Å². The molecule has 0 atom stereocenters. The fourth-order valence-corrected chi connectivity index (χ4v) is 2.81. The molecule has 0 radical (unpaired) electrons. The minimum absolute atomic E-state index is 1.18. The van der Waals surface area contributed by atoms with E-state index in [0.29, 0.717) is 0 Å². The summed E-state index contributed by atoms with van der Waals surface area (Å²) >= 11 is 7.61. The standard InChI is InChI=1S/C8H4BrIS/c9-6-3-5-1-2-11-8(5)4-7(6)10/h1-4H. The van der Waals surface area contributed by atoms with Crippen molar-refractivity contribution in [3.8, 4) is 0 Å². The largest absolute Gasteiger partial charge is 0.144 e. The van der Waals surface area contributed by atoms with Gasteiger partial charge in [-0.3, -0.25) is 0 Å². The third kappa shape index (κ3) is 1.46. The van der Waals surface area contributed by atoms with Crippen molar-refractivity contribution < 1.29 is 0 Å². The molecule has 2 rings (SSSR count). The van der Waals surface area contributed by atoms with Crippen LogP contribution in [0, 0.1) is 3.57 Å². The summed E-state index contributed by atoms with van der Waals surface area (Å²) in [7, 11) is 0. The molecule has 0 saturated carbocycles. The van der Waals surface area contributed by atoms with Crippen molar-refractivity contribution in [2.45, 2.75) is 0 Å². The Morgan fingerprint density at radius 2 is 2.18 bits per heavy atom. The molecule has 0 aliphatic carbocycles. The molecular formula is C8H4BrIS. The zero-order valence-corrected chi connectivity index (χ0v) is 10.0. The Labute approximate surface area is 90.9 Å². The van der Waals surface area contributed by atoms with Crippen LogP contribution in [-0.4, -0.2) is 0 Å². The third-order valence-electron chi connectivity index (χ3n) is 1.50. The molecule has 0 spiro atoms. The molecule has 0 aliphatic heterocycles. The number of rotatable bonds is 0. The predicted molar refractivity (Wildman–Crippen MR) is 62.2 cm³/mol. The van der Waals surface area contributed by atoms with E-state index in [1.165, 1.54) is 18.1 Å². The van der Waals surface area contributed by atoms with Crippen LogP contribution in [-0.2, 0) is 0 Å². The summed E-state index contributed by atoms with van der Waals surface area (Å²) < 4.78 is 3.82. The topological polar surface area (TPSA) is 0 Å². The zero-order chi connectivity index (χ0) is 7.84. The molecule has 0 nitrogen and oxygen atoms in total. The fraction of sp³-hybridized carbons (Fsp3) is 0. The van der Waals surface area contributed by atoms with Crippen molar-refractivity contribution >= 4 is 59.9 Å². The van der Waals surface area contributed by atoms with Crippen LogP contribution in [0.1, 0.15) is 0 Å². The van der Waals surface area contributed by atoms with E-state index in [2.05, 4.69) is 62.1 Å². The van der Waals surface area contributed by atoms with Crippen LogP contribution in [0.5, 0.6) is 0 Å². The lowest BCUT2D eigenvalue weighted by Crippen LogP contribution is -1.71. The van der Waals surface area contributed by atoms with Crippen LogP contribution < -0.4 is 0 Å². The summed E-state index contributed by atoms with van der Waals surface area (Å²) in [4.78, 5) is 0. The van der Waals surface area contributed by atoms with Gasteiger partial charge in [-0.2, -0.15) is 0 Å².